The van der Waals surface area contributed by atoms with Crippen LogP contribution in [-0.2, 0) is 10.0 Å². The van der Waals surface area contributed by atoms with Gasteiger partial charge in [0, 0.05) is 0 Å². The Morgan fingerprint density at radius 1 is 1.12 bits per heavy atom. The number of sulfonamides is 1. The normalized spacial score (nSPS) is 14.6. The fourth-order valence-corrected chi connectivity index (χ4v) is 4.09. The molecule has 0 bridgehead atoms. The van der Waals surface area contributed by atoms with Crippen LogP contribution in [0.3, 0.4) is 0 Å². The van der Waals surface area contributed by atoms with E-state index in [1.54, 1.807) is 18.2 Å². The highest BCUT2D eigenvalue weighted by molar-refractivity contribution is 7.89. The summed E-state index contributed by atoms with van der Waals surface area (Å²) in [7, 11) is -3.89. The molecule has 1 atom stereocenters. The summed E-state index contributed by atoms with van der Waals surface area (Å²) < 4.78 is 63.5. The van der Waals surface area contributed by atoms with Crippen LogP contribution in [0.4, 0.5) is 8.78 Å². The number of alkyl halides is 2. The minimum Gasteiger partial charge on any atom is -0.450 e. The monoisotopic (exact) mass is 461 g/mol. The number of allylic oxidation sites excluding steroid dienone is 1. The molecular formula is C22H21F2N3O4S. The number of halogens is 2. The predicted octanol–water partition coefficient (Wildman–Crippen LogP) is 4.30. The van der Waals surface area contributed by atoms with Crippen molar-refractivity contribution in [3.8, 4) is 17.2 Å². The lowest BCUT2D eigenvalue weighted by Crippen LogP contribution is -2.29. The van der Waals surface area contributed by atoms with Gasteiger partial charge >= 0.3 is 0 Å². The number of primary sulfonamides is 1. The Morgan fingerprint density at radius 3 is 2.28 bits per heavy atom. The molecule has 2 heterocycles. The number of hydrogen-bond acceptors (Lipinski definition) is 5. The molecule has 1 aliphatic rings. The number of rotatable bonds is 8. The van der Waals surface area contributed by atoms with Crippen LogP contribution in [0, 0.1) is 0 Å². The second kappa shape index (κ2) is 8.71. The summed E-state index contributed by atoms with van der Waals surface area (Å²) in [6.45, 7) is 3.75. The maximum atomic E-state index is 13.6. The maximum Gasteiger partial charge on any atom is 0.282 e. The molecule has 4 rings (SSSR count). The average Bonchev–Trinajstić information content (AvgIpc) is 3.38. The van der Waals surface area contributed by atoms with Gasteiger partial charge in [0.15, 0.2) is 11.5 Å². The van der Waals surface area contributed by atoms with Gasteiger partial charge in [-0.3, -0.25) is 0 Å². The fraction of sp³-hybridized carbons (Fsp3) is 0.227. The van der Waals surface area contributed by atoms with E-state index in [9.17, 15) is 17.2 Å². The molecule has 0 spiro atoms. The first-order chi connectivity index (χ1) is 15.3. The van der Waals surface area contributed by atoms with Crippen LogP contribution in [0.1, 0.15) is 36.6 Å². The van der Waals surface area contributed by atoms with Crippen molar-refractivity contribution in [3.05, 3.63) is 78.6 Å². The van der Waals surface area contributed by atoms with E-state index in [-0.39, 0.29) is 4.90 Å². The number of hydrogen-bond donors (Lipinski definition) is 1. The average molecular weight is 461 g/mol. The lowest BCUT2D eigenvalue weighted by Gasteiger charge is -2.23. The van der Waals surface area contributed by atoms with E-state index in [1.807, 2.05) is 12.1 Å². The zero-order valence-corrected chi connectivity index (χ0v) is 17.7. The number of ether oxygens (including phenoxy) is 2. The summed E-state index contributed by atoms with van der Waals surface area (Å²) in [6.07, 6.45) is -0.723. The number of para-hydroxylation sites is 2. The number of fused-ring (bicyclic) bond motifs is 1. The van der Waals surface area contributed by atoms with Gasteiger partial charge in [0.25, 0.3) is 6.43 Å². The predicted molar refractivity (Wildman–Crippen MR) is 114 cm³/mol. The summed E-state index contributed by atoms with van der Waals surface area (Å²) in [5.41, 5.74) is 0.441. The molecule has 10 heteroatoms. The number of aromatic nitrogens is 2. The highest BCUT2D eigenvalue weighted by Gasteiger charge is 2.36. The third kappa shape index (κ3) is 4.37. The molecule has 7 nitrogen and oxygen atoms in total. The Balaban J connectivity index is 1.76. The SMILES string of the molecule is C=CCCC(c1cc(C(F)F)nn1-c1ccc(S(N)(=O)=O)cc1)C1Oc2ccccc2O1. The first kappa shape index (κ1) is 22.0. The minimum atomic E-state index is -3.89. The molecule has 0 aliphatic carbocycles. The summed E-state index contributed by atoms with van der Waals surface area (Å²) in [5, 5.41) is 9.23. The quantitative estimate of drug-likeness (QED) is 0.505. The lowest BCUT2D eigenvalue weighted by atomic mass is 9.97. The third-order valence-electron chi connectivity index (χ3n) is 5.11. The first-order valence-electron chi connectivity index (χ1n) is 9.82. The van der Waals surface area contributed by atoms with Crippen LogP contribution in [0.15, 0.2) is 72.1 Å². The third-order valence-corrected chi connectivity index (χ3v) is 6.04. The van der Waals surface area contributed by atoms with Gasteiger partial charge in [-0.25, -0.2) is 27.0 Å². The van der Waals surface area contributed by atoms with Crippen molar-refractivity contribution in [3.63, 3.8) is 0 Å². The van der Waals surface area contributed by atoms with Crippen molar-refractivity contribution in [2.75, 3.05) is 0 Å². The molecule has 0 saturated carbocycles. The van der Waals surface area contributed by atoms with Gasteiger partial charge in [0.2, 0.25) is 16.3 Å². The Morgan fingerprint density at radius 2 is 1.75 bits per heavy atom. The molecule has 0 fully saturated rings. The van der Waals surface area contributed by atoms with Crippen LogP contribution in [0.5, 0.6) is 11.5 Å². The van der Waals surface area contributed by atoms with Crippen LogP contribution < -0.4 is 14.6 Å². The van der Waals surface area contributed by atoms with Gasteiger partial charge < -0.3 is 9.47 Å². The Kier molecular flexibility index (Phi) is 5.98. The van der Waals surface area contributed by atoms with E-state index in [2.05, 4.69) is 11.7 Å². The molecule has 3 aromatic rings. The van der Waals surface area contributed by atoms with Crippen molar-refractivity contribution < 1.29 is 26.7 Å². The van der Waals surface area contributed by atoms with E-state index in [4.69, 9.17) is 14.6 Å². The van der Waals surface area contributed by atoms with Gasteiger partial charge in [-0.15, -0.1) is 6.58 Å². The number of nitrogens with two attached hydrogens (primary N) is 1. The van der Waals surface area contributed by atoms with Crippen molar-refractivity contribution in [1.29, 1.82) is 0 Å². The standard InChI is InChI=1S/C22H21F2N3O4S/c1-2-3-6-16(22-30-19-7-4-5-8-20(19)31-22)18-13-17(21(23)24)26-27(18)14-9-11-15(12-10-14)32(25,28)29/h2,4-5,7-13,16,21-22H,1,3,6H2,(H2,25,28,29). The van der Waals surface area contributed by atoms with E-state index >= 15 is 0 Å². The highest BCUT2D eigenvalue weighted by Crippen LogP contribution is 2.41. The van der Waals surface area contributed by atoms with Crippen LogP contribution in [0.25, 0.3) is 5.69 Å². The zero-order chi connectivity index (χ0) is 22.9. The molecule has 0 radical (unpaired) electrons. The summed E-state index contributed by atoms with van der Waals surface area (Å²) in [4.78, 5) is -0.0924. The van der Waals surface area contributed by atoms with Gasteiger partial charge in [-0.1, -0.05) is 18.2 Å². The van der Waals surface area contributed by atoms with Crippen molar-refractivity contribution >= 4 is 10.0 Å². The second-order valence-corrected chi connectivity index (χ2v) is 8.83. The number of benzene rings is 2. The molecule has 0 amide bonds. The van der Waals surface area contributed by atoms with E-state index in [0.29, 0.717) is 35.7 Å². The summed E-state index contributed by atoms with van der Waals surface area (Å²) >= 11 is 0. The Labute approximate surface area is 184 Å². The zero-order valence-electron chi connectivity index (χ0n) is 16.9. The second-order valence-electron chi connectivity index (χ2n) is 7.27. The molecule has 1 unspecified atom stereocenters. The van der Waals surface area contributed by atoms with Gasteiger partial charge in [0.05, 0.1) is 22.2 Å². The van der Waals surface area contributed by atoms with E-state index in [0.717, 1.165) is 0 Å². The smallest absolute Gasteiger partial charge is 0.282 e. The van der Waals surface area contributed by atoms with E-state index in [1.165, 1.54) is 35.0 Å². The van der Waals surface area contributed by atoms with Crippen molar-refractivity contribution in [1.82, 2.24) is 9.78 Å². The molecule has 32 heavy (non-hydrogen) atoms. The molecule has 2 N–H and O–H groups in total. The molecular weight excluding hydrogens is 440 g/mol. The van der Waals surface area contributed by atoms with E-state index < -0.39 is 34.4 Å². The van der Waals surface area contributed by atoms with Crippen molar-refractivity contribution in [2.24, 2.45) is 5.14 Å². The van der Waals surface area contributed by atoms with Gasteiger partial charge in [-0.05, 0) is 55.3 Å². The molecule has 1 aromatic heterocycles. The Bertz CT molecular complexity index is 1200. The van der Waals surface area contributed by atoms with Crippen LogP contribution in [0.2, 0.25) is 0 Å². The molecule has 0 saturated heterocycles. The molecule has 168 valence electrons. The van der Waals surface area contributed by atoms with Gasteiger partial charge in [-0.2, -0.15) is 5.10 Å². The summed E-state index contributed by atoms with van der Waals surface area (Å²) in [6, 6.07) is 14.0. The van der Waals surface area contributed by atoms with Crippen molar-refractivity contribution in [2.45, 2.75) is 36.4 Å². The van der Waals surface area contributed by atoms with Gasteiger partial charge in [0.1, 0.15) is 5.69 Å². The maximum absolute atomic E-state index is 13.6. The number of nitrogens with zero attached hydrogens (tertiary/aromatic N) is 2. The van der Waals surface area contributed by atoms with Crippen LogP contribution >= 0.6 is 0 Å². The minimum absolute atomic E-state index is 0.0924. The molecule has 2 aromatic carbocycles. The summed E-state index contributed by atoms with van der Waals surface area (Å²) in [5.74, 6) is 0.677. The largest absolute Gasteiger partial charge is 0.450 e. The fourth-order valence-electron chi connectivity index (χ4n) is 3.57. The topological polar surface area (TPSA) is 96.4 Å². The highest BCUT2D eigenvalue weighted by atomic mass is 32.2. The first-order valence-corrected chi connectivity index (χ1v) is 11.4. The van der Waals surface area contributed by atoms with Crippen LogP contribution in [-0.4, -0.2) is 24.5 Å². The lowest BCUT2D eigenvalue weighted by molar-refractivity contribution is 0.0197. The molecule has 1 aliphatic heterocycles. The Hall–Kier alpha value is -3.24.